The van der Waals surface area contributed by atoms with Crippen LogP contribution in [0.4, 0.5) is 5.69 Å². The third kappa shape index (κ3) is 5.89. The highest BCUT2D eigenvalue weighted by molar-refractivity contribution is 5.93. The van der Waals surface area contributed by atoms with Crippen LogP contribution in [0.2, 0.25) is 0 Å². The van der Waals surface area contributed by atoms with Crippen LogP contribution < -0.4 is 15.0 Å². The molecular formula is C20H25N2O4+. The predicted molar refractivity (Wildman–Crippen MR) is 99.5 cm³/mol. The van der Waals surface area contributed by atoms with Gasteiger partial charge in [0.1, 0.15) is 12.3 Å². The smallest absolute Gasteiger partial charge is 0.338 e. The number of hydrogen-bond acceptors (Lipinski definition) is 4. The van der Waals surface area contributed by atoms with Crippen LogP contribution in [-0.2, 0) is 16.1 Å². The summed E-state index contributed by atoms with van der Waals surface area (Å²) in [5, 5.41) is 2.84. The number of rotatable bonds is 8. The monoisotopic (exact) mass is 357 g/mol. The topological polar surface area (TPSA) is 69.1 Å². The van der Waals surface area contributed by atoms with Crippen molar-refractivity contribution in [3.63, 3.8) is 0 Å². The number of quaternary nitrogens is 1. The van der Waals surface area contributed by atoms with Crippen molar-refractivity contribution >= 4 is 17.6 Å². The van der Waals surface area contributed by atoms with Gasteiger partial charge in [0.05, 0.1) is 26.3 Å². The second-order valence-electron chi connectivity index (χ2n) is 6.01. The standard InChI is InChI=1S/C20H24N2O4/c1-4-26-20(24)16-8-10-17(11-9-16)21-19(23)14-22(2)13-15-6-5-7-18(12-15)25-3/h5-12H,4,13-14H2,1-3H3,(H,21,23)/p+1. The number of ether oxygens (including phenoxy) is 2. The highest BCUT2D eigenvalue weighted by atomic mass is 16.5. The van der Waals surface area contributed by atoms with E-state index in [1.807, 2.05) is 31.3 Å². The molecule has 1 amide bonds. The molecule has 138 valence electrons. The lowest BCUT2D eigenvalue weighted by molar-refractivity contribution is -0.885. The minimum Gasteiger partial charge on any atom is -0.497 e. The van der Waals surface area contributed by atoms with Crippen molar-refractivity contribution in [2.24, 2.45) is 0 Å². The number of carbonyl (C=O) groups excluding carboxylic acids is 2. The lowest BCUT2D eigenvalue weighted by atomic mass is 10.2. The minimum absolute atomic E-state index is 0.0886. The van der Waals surface area contributed by atoms with E-state index >= 15 is 0 Å². The fourth-order valence-corrected chi connectivity index (χ4v) is 2.58. The van der Waals surface area contributed by atoms with Crippen LogP contribution in [0.25, 0.3) is 0 Å². The molecule has 1 atom stereocenters. The average molecular weight is 357 g/mol. The number of anilines is 1. The molecule has 0 aliphatic rings. The number of likely N-dealkylation sites (N-methyl/N-ethyl adjacent to an activating group) is 1. The first kappa shape index (κ1) is 19.5. The van der Waals surface area contributed by atoms with E-state index in [1.54, 1.807) is 38.3 Å². The van der Waals surface area contributed by atoms with Crippen molar-refractivity contribution in [2.75, 3.05) is 32.6 Å². The number of methoxy groups -OCH3 is 1. The second kappa shape index (κ2) is 9.58. The van der Waals surface area contributed by atoms with Crippen LogP contribution >= 0.6 is 0 Å². The van der Waals surface area contributed by atoms with E-state index < -0.39 is 0 Å². The van der Waals surface area contributed by atoms with Gasteiger partial charge in [-0.1, -0.05) is 12.1 Å². The van der Waals surface area contributed by atoms with Crippen LogP contribution in [0.1, 0.15) is 22.8 Å². The van der Waals surface area contributed by atoms with E-state index in [0.29, 0.717) is 30.9 Å². The average Bonchev–Trinajstić information content (AvgIpc) is 2.62. The Bertz CT molecular complexity index is 744. The Labute approximate surface area is 153 Å². The molecule has 6 nitrogen and oxygen atoms in total. The Kier molecular flexibility index (Phi) is 7.17. The number of hydrogen-bond donors (Lipinski definition) is 2. The number of amides is 1. The third-order valence-corrected chi connectivity index (χ3v) is 3.78. The highest BCUT2D eigenvalue weighted by Gasteiger charge is 2.12. The quantitative estimate of drug-likeness (QED) is 0.703. The minimum atomic E-state index is -0.368. The Morgan fingerprint density at radius 2 is 1.85 bits per heavy atom. The van der Waals surface area contributed by atoms with Gasteiger partial charge in [0.25, 0.3) is 5.91 Å². The van der Waals surface area contributed by atoms with Crippen molar-refractivity contribution in [2.45, 2.75) is 13.5 Å². The third-order valence-electron chi connectivity index (χ3n) is 3.78. The molecule has 0 aliphatic heterocycles. The number of nitrogens with one attached hydrogen (secondary N) is 2. The molecule has 0 fully saturated rings. The SMILES string of the molecule is CCOC(=O)c1ccc(NC(=O)C[NH+](C)Cc2cccc(OC)c2)cc1. The number of benzene rings is 2. The van der Waals surface area contributed by atoms with Crippen molar-refractivity contribution in [3.8, 4) is 5.75 Å². The normalized spacial score (nSPS) is 11.5. The summed E-state index contributed by atoms with van der Waals surface area (Å²) in [7, 11) is 3.60. The van der Waals surface area contributed by atoms with Crippen LogP contribution in [0.5, 0.6) is 5.75 Å². The molecule has 0 spiro atoms. The van der Waals surface area contributed by atoms with E-state index in [0.717, 1.165) is 16.2 Å². The maximum Gasteiger partial charge on any atom is 0.338 e. The van der Waals surface area contributed by atoms with Gasteiger partial charge in [0.2, 0.25) is 0 Å². The zero-order valence-corrected chi connectivity index (χ0v) is 15.4. The molecule has 2 aromatic rings. The molecule has 2 rings (SSSR count). The van der Waals surface area contributed by atoms with Crippen molar-refractivity contribution in [1.82, 2.24) is 0 Å². The van der Waals surface area contributed by atoms with Crippen molar-refractivity contribution < 1.29 is 24.0 Å². The van der Waals surface area contributed by atoms with Gasteiger partial charge in [0.15, 0.2) is 6.54 Å². The summed E-state index contributed by atoms with van der Waals surface area (Å²) in [6.07, 6.45) is 0. The molecule has 1 unspecified atom stereocenters. The second-order valence-corrected chi connectivity index (χ2v) is 6.01. The van der Waals surface area contributed by atoms with E-state index in [9.17, 15) is 9.59 Å². The summed E-state index contributed by atoms with van der Waals surface area (Å²) < 4.78 is 10.2. The fourth-order valence-electron chi connectivity index (χ4n) is 2.58. The molecule has 2 N–H and O–H groups in total. The number of esters is 1. The van der Waals surface area contributed by atoms with Gasteiger partial charge < -0.3 is 19.7 Å². The summed E-state index contributed by atoms with van der Waals surface area (Å²) in [6, 6.07) is 14.5. The lowest BCUT2D eigenvalue weighted by Gasteiger charge is -2.14. The molecule has 0 saturated heterocycles. The van der Waals surface area contributed by atoms with Gasteiger partial charge in [-0.3, -0.25) is 4.79 Å². The Hall–Kier alpha value is -2.86. The molecule has 0 heterocycles. The number of carbonyl (C=O) groups is 2. The van der Waals surface area contributed by atoms with E-state index in [4.69, 9.17) is 9.47 Å². The predicted octanol–water partition coefficient (Wildman–Crippen LogP) is 1.53. The van der Waals surface area contributed by atoms with Gasteiger partial charge in [-0.15, -0.1) is 0 Å². The maximum absolute atomic E-state index is 12.2. The van der Waals surface area contributed by atoms with Crippen LogP contribution in [0, 0.1) is 0 Å². The van der Waals surface area contributed by atoms with Crippen LogP contribution in [0.15, 0.2) is 48.5 Å². The molecule has 0 radical (unpaired) electrons. The van der Waals surface area contributed by atoms with Gasteiger partial charge in [-0.2, -0.15) is 0 Å². The van der Waals surface area contributed by atoms with Crippen molar-refractivity contribution in [3.05, 3.63) is 59.7 Å². The molecule has 26 heavy (non-hydrogen) atoms. The highest BCUT2D eigenvalue weighted by Crippen LogP contribution is 2.12. The summed E-state index contributed by atoms with van der Waals surface area (Å²) in [5.41, 5.74) is 2.22. The molecule has 0 aliphatic carbocycles. The summed E-state index contributed by atoms with van der Waals surface area (Å²) in [4.78, 5) is 24.9. The summed E-state index contributed by atoms with van der Waals surface area (Å²) >= 11 is 0. The molecule has 0 bridgehead atoms. The Morgan fingerprint density at radius 3 is 2.50 bits per heavy atom. The molecule has 0 saturated carbocycles. The van der Waals surface area contributed by atoms with Gasteiger partial charge in [0, 0.05) is 11.3 Å². The zero-order valence-electron chi connectivity index (χ0n) is 15.4. The van der Waals surface area contributed by atoms with E-state index in [2.05, 4.69) is 5.32 Å². The zero-order chi connectivity index (χ0) is 18.9. The Morgan fingerprint density at radius 1 is 1.12 bits per heavy atom. The first-order valence-electron chi connectivity index (χ1n) is 8.53. The first-order valence-corrected chi connectivity index (χ1v) is 8.53. The van der Waals surface area contributed by atoms with Gasteiger partial charge >= 0.3 is 5.97 Å². The van der Waals surface area contributed by atoms with E-state index in [1.165, 1.54) is 0 Å². The molecular weight excluding hydrogens is 332 g/mol. The van der Waals surface area contributed by atoms with Crippen molar-refractivity contribution in [1.29, 1.82) is 0 Å². The largest absolute Gasteiger partial charge is 0.497 e. The molecule has 2 aromatic carbocycles. The molecule has 6 heteroatoms. The maximum atomic E-state index is 12.2. The summed E-state index contributed by atoms with van der Waals surface area (Å²) in [5.74, 6) is 0.351. The van der Waals surface area contributed by atoms with Gasteiger partial charge in [-0.05, 0) is 43.3 Å². The van der Waals surface area contributed by atoms with Gasteiger partial charge in [-0.25, -0.2) is 4.79 Å². The first-order chi connectivity index (χ1) is 12.5. The van der Waals surface area contributed by atoms with E-state index in [-0.39, 0.29) is 11.9 Å². The Balaban J connectivity index is 1.86. The van der Waals surface area contributed by atoms with Crippen LogP contribution in [0.3, 0.4) is 0 Å². The van der Waals surface area contributed by atoms with Crippen LogP contribution in [-0.4, -0.2) is 39.2 Å². The fraction of sp³-hybridized carbons (Fsp3) is 0.300. The molecule has 0 aromatic heterocycles. The summed E-state index contributed by atoms with van der Waals surface area (Å²) in [6.45, 7) is 3.14. The lowest BCUT2D eigenvalue weighted by Crippen LogP contribution is -3.08.